The molecule has 0 radical (unpaired) electrons. The third-order valence-electron chi connectivity index (χ3n) is 5.69. The number of nitrogens with one attached hydrogen (secondary N) is 1. The molecule has 38 heavy (non-hydrogen) atoms. The fourth-order valence-corrected chi connectivity index (χ4v) is 4.34. The molecule has 1 N–H and O–H groups in total. The third-order valence-corrected chi connectivity index (χ3v) is 6.59. The lowest BCUT2D eigenvalue weighted by molar-refractivity contribution is -0.123. The van der Waals surface area contributed by atoms with Crippen LogP contribution in [0.1, 0.15) is 11.1 Å². The van der Waals surface area contributed by atoms with E-state index in [9.17, 15) is 9.59 Å². The summed E-state index contributed by atoms with van der Waals surface area (Å²) >= 11 is 9.77. The summed E-state index contributed by atoms with van der Waals surface area (Å²) in [5.74, 6) is -0.0475. The summed E-state index contributed by atoms with van der Waals surface area (Å²) in [4.78, 5) is 25.2. The van der Waals surface area contributed by atoms with Crippen LogP contribution in [-0.4, -0.2) is 28.5 Å². The predicted octanol–water partition coefficient (Wildman–Crippen LogP) is 5.90. The van der Waals surface area contributed by atoms with E-state index in [4.69, 9.17) is 20.8 Å². The smallest absolute Gasteiger partial charge is 0.277 e. The molecule has 190 valence electrons. The number of para-hydroxylation sites is 1. The number of carbonyl (C=O) groups is 1. The monoisotopic (exact) mass is 590 g/mol. The molecule has 0 fully saturated rings. The van der Waals surface area contributed by atoms with Crippen molar-refractivity contribution in [3.63, 3.8) is 0 Å². The molecule has 3 aromatic carbocycles. The van der Waals surface area contributed by atoms with Gasteiger partial charge in [0.25, 0.3) is 5.91 Å². The second kappa shape index (κ2) is 11.0. The molecule has 0 spiro atoms. The Morgan fingerprint density at radius 1 is 1.18 bits per heavy atom. The number of hydrogen-bond acceptors (Lipinski definition) is 6. The fraction of sp³-hybridized carbons (Fsp3) is 0.0714. The Bertz CT molecular complexity index is 1730. The second-order valence-electron chi connectivity index (χ2n) is 8.30. The molecule has 0 atom stereocenters. The molecule has 8 nitrogen and oxygen atoms in total. The second-order valence-corrected chi connectivity index (χ2v) is 9.63. The number of hydrazone groups is 1. The molecule has 0 aliphatic heterocycles. The molecule has 5 rings (SSSR count). The van der Waals surface area contributed by atoms with Crippen LogP contribution in [0.25, 0.3) is 27.9 Å². The van der Waals surface area contributed by atoms with E-state index >= 15 is 0 Å². The lowest BCUT2D eigenvalue weighted by atomic mass is 10.1. The van der Waals surface area contributed by atoms with Crippen molar-refractivity contribution in [2.24, 2.45) is 5.10 Å². The highest BCUT2D eigenvalue weighted by Gasteiger charge is 2.16. The molecule has 0 saturated heterocycles. The molecule has 0 bridgehead atoms. The third kappa shape index (κ3) is 5.39. The van der Waals surface area contributed by atoms with Gasteiger partial charge in [-0.3, -0.25) is 9.59 Å². The number of benzene rings is 3. The van der Waals surface area contributed by atoms with Crippen LogP contribution in [0.3, 0.4) is 0 Å². The molecule has 0 saturated carbocycles. The van der Waals surface area contributed by atoms with Crippen molar-refractivity contribution in [3.05, 3.63) is 110 Å². The number of carbonyl (C=O) groups excluding carboxylic acids is 1. The maximum absolute atomic E-state index is 12.7. The molecular weight excluding hydrogens is 572 g/mol. The van der Waals surface area contributed by atoms with Gasteiger partial charge in [-0.1, -0.05) is 45.7 Å². The Morgan fingerprint density at radius 2 is 2.00 bits per heavy atom. The highest BCUT2D eigenvalue weighted by molar-refractivity contribution is 9.10. The van der Waals surface area contributed by atoms with Gasteiger partial charge in [-0.25, -0.2) is 10.1 Å². The molecule has 2 aromatic heterocycles. The average molecular weight is 592 g/mol. The number of ether oxygens (including phenoxy) is 1. The Hall–Kier alpha value is -4.21. The summed E-state index contributed by atoms with van der Waals surface area (Å²) in [7, 11) is 0. The van der Waals surface area contributed by atoms with Crippen LogP contribution in [0, 0.1) is 6.92 Å². The minimum atomic E-state index is -0.510. The summed E-state index contributed by atoms with van der Waals surface area (Å²) in [6.45, 7) is 1.54. The average Bonchev–Trinajstić information content (AvgIpc) is 3.41. The Kier molecular flexibility index (Phi) is 7.39. The first-order chi connectivity index (χ1) is 18.4. The van der Waals surface area contributed by atoms with Crippen LogP contribution in [0.2, 0.25) is 5.02 Å². The molecule has 0 aliphatic carbocycles. The van der Waals surface area contributed by atoms with Crippen molar-refractivity contribution in [2.45, 2.75) is 6.92 Å². The van der Waals surface area contributed by atoms with Gasteiger partial charge < -0.3 is 9.15 Å². The first-order valence-corrected chi connectivity index (χ1v) is 12.6. The van der Waals surface area contributed by atoms with E-state index in [2.05, 4.69) is 31.6 Å². The quantitative estimate of drug-likeness (QED) is 0.188. The summed E-state index contributed by atoms with van der Waals surface area (Å²) < 4.78 is 13.9. The molecular formula is C28H20BrClN4O4. The molecule has 0 aliphatic rings. The van der Waals surface area contributed by atoms with Gasteiger partial charge in [0.2, 0.25) is 5.43 Å². The number of fused-ring (bicyclic) bond motifs is 1. The van der Waals surface area contributed by atoms with Gasteiger partial charge in [0.15, 0.2) is 6.61 Å². The predicted molar refractivity (Wildman–Crippen MR) is 150 cm³/mol. The number of halogens is 2. The van der Waals surface area contributed by atoms with Crippen LogP contribution in [0.15, 0.2) is 98.0 Å². The van der Waals surface area contributed by atoms with Crippen molar-refractivity contribution in [1.82, 2.24) is 15.2 Å². The first-order valence-electron chi connectivity index (χ1n) is 11.5. The minimum absolute atomic E-state index is 0.196. The molecule has 10 heteroatoms. The molecule has 5 aromatic rings. The van der Waals surface area contributed by atoms with Crippen LogP contribution < -0.4 is 15.6 Å². The number of rotatable bonds is 7. The maximum atomic E-state index is 12.7. The van der Waals surface area contributed by atoms with Gasteiger partial charge in [-0.05, 0) is 61.0 Å². The molecule has 1 amide bonds. The van der Waals surface area contributed by atoms with E-state index in [-0.39, 0.29) is 17.6 Å². The number of nitrogens with zero attached hydrogens (tertiary/aromatic N) is 3. The Labute approximate surface area is 230 Å². The van der Waals surface area contributed by atoms with Crippen molar-refractivity contribution < 1.29 is 13.9 Å². The van der Waals surface area contributed by atoms with Crippen molar-refractivity contribution in [3.8, 4) is 22.7 Å². The van der Waals surface area contributed by atoms with Gasteiger partial charge in [0.1, 0.15) is 17.6 Å². The summed E-state index contributed by atoms with van der Waals surface area (Å²) in [5.41, 5.74) is 5.86. The van der Waals surface area contributed by atoms with E-state index in [1.54, 1.807) is 41.2 Å². The summed E-state index contributed by atoms with van der Waals surface area (Å²) in [6.07, 6.45) is 4.22. The largest absolute Gasteiger partial charge is 0.483 e. The Morgan fingerprint density at radius 3 is 2.82 bits per heavy atom. The van der Waals surface area contributed by atoms with E-state index in [0.717, 1.165) is 21.4 Å². The molecule has 2 heterocycles. The SMILES string of the molecule is Cc1cc(OCC(=O)N/N=C/c2coc3ccc(Br)cc3c2=O)c(-c2ccnn2-c2ccccc2)cc1Cl. The first kappa shape index (κ1) is 25.4. The number of aromatic nitrogens is 2. The number of aryl methyl sites for hydroxylation is 1. The summed E-state index contributed by atoms with van der Waals surface area (Å²) in [6, 6.07) is 20.2. The van der Waals surface area contributed by atoms with Crippen LogP contribution in [0.5, 0.6) is 5.75 Å². The van der Waals surface area contributed by atoms with Gasteiger partial charge in [0.05, 0.1) is 34.7 Å². The zero-order valence-corrected chi connectivity index (χ0v) is 22.4. The maximum Gasteiger partial charge on any atom is 0.277 e. The highest BCUT2D eigenvalue weighted by atomic mass is 79.9. The topological polar surface area (TPSA) is 98.7 Å². The Balaban J connectivity index is 1.32. The van der Waals surface area contributed by atoms with Crippen molar-refractivity contribution in [1.29, 1.82) is 0 Å². The lowest BCUT2D eigenvalue weighted by Gasteiger charge is -2.15. The van der Waals surface area contributed by atoms with Crippen LogP contribution in [-0.2, 0) is 4.79 Å². The zero-order valence-electron chi connectivity index (χ0n) is 20.0. The van der Waals surface area contributed by atoms with Gasteiger partial charge in [-0.15, -0.1) is 0 Å². The number of hydrogen-bond donors (Lipinski definition) is 1. The zero-order chi connectivity index (χ0) is 26.6. The fourth-order valence-electron chi connectivity index (χ4n) is 3.81. The normalized spacial score (nSPS) is 11.2. The van der Waals surface area contributed by atoms with Crippen molar-refractivity contribution in [2.75, 3.05) is 6.61 Å². The van der Waals surface area contributed by atoms with E-state index in [1.165, 1.54) is 12.5 Å². The van der Waals surface area contributed by atoms with E-state index in [1.807, 2.05) is 43.3 Å². The summed E-state index contributed by atoms with van der Waals surface area (Å²) in [5, 5.41) is 9.29. The van der Waals surface area contributed by atoms with Gasteiger partial charge in [-0.2, -0.15) is 10.2 Å². The molecule has 0 unspecified atom stereocenters. The minimum Gasteiger partial charge on any atom is -0.483 e. The van der Waals surface area contributed by atoms with Crippen molar-refractivity contribution >= 4 is 50.6 Å². The van der Waals surface area contributed by atoms with E-state index in [0.29, 0.717) is 27.3 Å². The van der Waals surface area contributed by atoms with Gasteiger partial charge in [0, 0.05) is 15.1 Å². The van der Waals surface area contributed by atoms with Gasteiger partial charge >= 0.3 is 0 Å². The van der Waals surface area contributed by atoms with Crippen LogP contribution >= 0.6 is 27.5 Å². The van der Waals surface area contributed by atoms with E-state index < -0.39 is 5.91 Å². The lowest BCUT2D eigenvalue weighted by Crippen LogP contribution is -2.25. The highest BCUT2D eigenvalue weighted by Crippen LogP contribution is 2.35. The number of amides is 1. The standard InChI is InChI=1S/C28H20BrClN4O4/c1-17-11-26(21(13-23(17)30)24-9-10-32-34(24)20-5-3-2-4-6-20)38-16-27(35)33-31-14-18-15-37-25-8-7-19(29)12-22(25)28(18)36/h2-15H,16H2,1H3,(H,33,35)/b31-14+. The van der Waals surface area contributed by atoms with Crippen LogP contribution in [0.4, 0.5) is 0 Å².